The lowest BCUT2D eigenvalue weighted by Gasteiger charge is -2.38. The molecule has 0 N–H and O–H groups in total. The van der Waals surface area contributed by atoms with E-state index in [-0.39, 0.29) is 0 Å². The normalized spacial score (nSPS) is 26.9. The average molecular weight is 358 g/mol. The van der Waals surface area contributed by atoms with Gasteiger partial charge in [0.05, 0.1) is 6.10 Å². The fourth-order valence-electron chi connectivity index (χ4n) is 2.62. The van der Waals surface area contributed by atoms with Gasteiger partial charge in [-0.1, -0.05) is 73.7 Å². The Hall–Kier alpha value is -0.0900. The molecule has 1 nitrogen and oxygen atoms in total. The van der Waals surface area contributed by atoms with E-state index in [0.29, 0.717) is 21.4 Å². The number of hydrogen-bond acceptors (Lipinski definition) is 1. The zero-order chi connectivity index (χ0) is 13.2. The molecule has 1 aliphatic rings. The number of rotatable bonds is 2. The van der Waals surface area contributed by atoms with Crippen LogP contribution < -0.4 is 0 Å². The minimum absolute atomic E-state index is 0.309. The highest BCUT2D eigenvalue weighted by molar-refractivity contribution is 14.1. The van der Waals surface area contributed by atoms with Crippen molar-refractivity contribution >= 4 is 22.6 Å². The summed E-state index contributed by atoms with van der Waals surface area (Å²) >= 11 is 2.57. The molecule has 1 aromatic carbocycles. The van der Waals surface area contributed by atoms with Gasteiger partial charge in [-0.2, -0.15) is 0 Å². The molecule has 0 amide bonds. The Morgan fingerprint density at radius 1 is 1.22 bits per heavy atom. The fraction of sp³-hybridized carbons (Fsp3) is 0.625. The first-order chi connectivity index (χ1) is 8.48. The van der Waals surface area contributed by atoms with Gasteiger partial charge < -0.3 is 4.74 Å². The van der Waals surface area contributed by atoms with E-state index in [2.05, 4.69) is 73.7 Å². The second-order valence-corrected chi connectivity index (χ2v) is 7.65. The highest BCUT2D eigenvalue weighted by Crippen LogP contribution is 2.38. The Morgan fingerprint density at radius 2 is 1.89 bits per heavy atom. The molecule has 0 spiro atoms. The largest absolute Gasteiger partial charge is 0.377 e. The molecule has 1 heterocycles. The van der Waals surface area contributed by atoms with Crippen molar-refractivity contribution in [2.45, 2.75) is 49.6 Å². The van der Waals surface area contributed by atoms with E-state index in [1.54, 1.807) is 0 Å². The lowest BCUT2D eigenvalue weighted by atomic mass is 9.82. The first-order valence-electron chi connectivity index (χ1n) is 6.79. The molecule has 1 saturated heterocycles. The molecular weight excluding hydrogens is 335 g/mol. The molecule has 3 atom stereocenters. The van der Waals surface area contributed by atoms with Crippen LogP contribution in [0.2, 0.25) is 0 Å². The summed E-state index contributed by atoms with van der Waals surface area (Å²) < 4.78 is 6.58. The standard InChI is InChI=1S/C16H23IO/c1-16(2,3)15(17)14-11-13(9-10-18-14)12-7-5-4-6-8-12/h4-8,13-15H,9-11H2,1-3H3/t13-,14+,15+/m1/s1. The summed E-state index contributed by atoms with van der Waals surface area (Å²) in [6.45, 7) is 7.82. The molecule has 2 heteroatoms. The lowest BCUT2D eigenvalue weighted by molar-refractivity contribution is -0.00663. The topological polar surface area (TPSA) is 9.23 Å². The van der Waals surface area contributed by atoms with Gasteiger partial charge in [0.15, 0.2) is 0 Å². The molecular formula is C16H23IO. The van der Waals surface area contributed by atoms with Crippen LogP contribution in [0.1, 0.15) is 45.1 Å². The summed E-state index contributed by atoms with van der Waals surface area (Å²) in [5.41, 5.74) is 1.78. The highest BCUT2D eigenvalue weighted by atomic mass is 127. The Kier molecular flexibility index (Phi) is 4.70. The van der Waals surface area contributed by atoms with Gasteiger partial charge in [-0.05, 0) is 29.7 Å². The molecule has 100 valence electrons. The maximum atomic E-state index is 6.01. The third-order valence-corrected chi connectivity index (χ3v) is 6.41. The molecule has 2 rings (SSSR count). The Bertz CT molecular complexity index is 368. The summed E-state index contributed by atoms with van der Waals surface area (Å²) in [4.78, 5) is 0. The Balaban J connectivity index is 2.05. The van der Waals surface area contributed by atoms with Crippen LogP contribution in [0, 0.1) is 5.41 Å². The first-order valence-corrected chi connectivity index (χ1v) is 8.03. The van der Waals surface area contributed by atoms with E-state index in [1.807, 2.05) is 0 Å². The molecule has 0 unspecified atom stereocenters. The maximum Gasteiger partial charge on any atom is 0.0703 e. The van der Waals surface area contributed by atoms with Gasteiger partial charge in [-0.15, -0.1) is 0 Å². The number of alkyl halides is 1. The monoisotopic (exact) mass is 358 g/mol. The van der Waals surface area contributed by atoms with Crippen molar-refractivity contribution in [2.24, 2.45) is 5.41 Å². The molecule has 1 fully saturated rings. The molecule has 0 bridgehead atoms. The quantitative estimate of drug-likeness (QED) is 0.545. The van der Waals surface area contributed by atoms with Gasteiger partial charge >= 0.3 is 0 Å². The van der Waals surface area contributed by atoms with Crippen LogP contribution in [-0.4, -0.2) is 16.6 Å². The number of ether oxygens (including phenoxy) is 1. The van der Waals surface area contributed by atoms with Crippen LogP contribution >= 0.6 is 22.6 Å². The molecule has 0 aromatic heterocycles. The van der Waals surface area contributed by atoms with Crippen molar-refractivity contribution in [3.63, 3.8) is 0 Å². The van der Waals surface area contributed by atoms with Gasteiger partial charge in [0.2, 0.25) is 0 Å². The SMILES string of the molecule is CC(C)(C)[C@@H](I)[C@@H]1C[C@H](c2ccccc2)CCO1. The van der Waals surface area contributed by atoms with Crippen molar-refractivity contribution in [1.29, 1.82) is 0 Å². The van der Waals surface area contributed by atoms with E-state index in [9.17, 15) is 0 Å². The van der Waals surface area contributed by atoms with E-state index in [4.69, 9.17) is 4.74 Å². The van der Waals surface area contributed by atoms with Crippen molar-refractivity contribution < 1.29 is 4.74 Å². The third-order valence-electron chi connectivity index (χ3n) is 3.74. The summed E-state index contributed by atoms with van der Waals surface area (Å²) in [5, 5.41) is 0. The molecule has 1 aliphatic heterocycles. The smallest absolute Gasteiger partial charge is 0.0703 e. The minimum atomic E-state index is 0.309. The van der Waals surface area contributed by atoms with Crippen LogP contribution in [-0.2, 0) is 4.74 Å². The van der Waals surface area contributed by atoms with Crippen LogP contribution in [0.3, 0.4) is 0 Å². The highest BCUT2D eigenvalue weighted by Gasteiger charge is 2.34. The summed E-state index contributed by atoms with van der Waals surface area (Å²) in [6, 6.07) is 10.9. The van der Waals surface area contributed by atoms with Crippen LogP contribution in [0.15, 0.2) is 30.3 Å². The zero-order valence-electron chi connectivity index (χ0n) is 11.5. The van der Waals surface area contributed by atoms with Crippen molar-refractivity contribution in [3.05, 3.63) is 35.9 Å². The molecule has 0 aliphatic carbocycles. The summed E-state index contributed by atoms with van der Waals surface area (Å²) in [7, 11) is 0. The number of hydrogen-bond donors (Lipinski definition) is 0. The number of benzene rings is 1. The van der Waals surface area contributed by atoms with Crippen molar-refractivity contribution in [3.8, 4) is 0 Å². The van der Waals surface area contributed by atoms with E-state index >= 15 is 0 Å². The first kappa shape index (κ1) is 14.3. The third kappa shape index (κ3) is 3.47. The fourth-order valence-corrected chi connectivity index (χ4v) is 3.12. The van der Waals surface area contributed by atoms with Gasteiger partial charge in [0.25, 0.3) is 0 Å². The Morgan fingerprint density at radius 3 is 2.50 bits per heavy atom. The molecule has 1 aromatic rings. The zero-order valence-corrected chi connectivity index (χ0v) is 13.7. The van der Waals surface area contributed by atoms with Crippen LogP contribution in [0.4, 0.5) is 0 Å². The molecule has 0 radical (unpaired) electrons. The van der Waals surface area contributed by atoms with Crippen LogP contribution in [0.25, 0.3) is 0 Å². The summed E-state index contributed by atoms with van der Waals surface area (Å²) in [5.74, 6) is 0.671. The molecule has 18 heavy (non-hydrogen) atoms. The van der Waals surface area contributed by atoms with Gasteiger partial charge in [0.1, 0.15) is 0 Å². The van der Waals surface area contributed by atoms with E-state index in [0.717, 1.165) is 19.4 Å². The predicted molar refractivity (Wildman–Crippen MR) is 85.4 cm³/mol. The lowest BCUT2D eigenvalue weighted by Crippen LogP contribution is -2.38. The summed E-state index contributed by atoms with van der Waals surface area (Å²) in [6.07, 6.45) is 2.72. The van der Waals surface area contributed by atoms with Gasteiger partial charge in [0, 0.05) is 10.5 Å². The second-order valence-electron chi connectivity index (χ2n) is 6.31. The second kappa shape index (κ2) is 5.91. The predicted octanol–water partition coefficient (Wildman–Crippen LogP) is 4.80. The van der Waals surface area contributed by atoms with E-state index < -0.39 is 0 Å². The van der Waals surface area contributed by atoms with E-state index in [1.165, 1.54) is 5.56 Å². The van der Waals surface area contributed by atoms with Crippen molar-refractivity contribution in [1.82, 2.24) is 0 Å². The number of halogens is 1. The maximum absolute atomic E-state index is 6.01. The average Bonchev–Trinajstić information content (AvgIpc) is 2.38. The molecule has 0 saturated carbocycles. The van der Waals surface area contributed by atoms with Crippen LogP contribution in [0.5, 0.6) is 0 Å². The minimum Gasteiger partial charge on any atom is -0.377 e. The van der Waals surface area contributed by atoms with Crippen molar-refractivity contribution in [2.75, 3.05) is 6.61 Å². The Labute approximate surface area is 124 Å². The van der Waals surface area contributed by atoms with Gasteiger partial charge in [-0.25, -0.2) is 0 Å². The van der Waals surface area contributed by atoms with Gasteiger partial charge in [-0.3, -0.25) is 0 Å².